The Kier molecular flexibility index (Phi) is 2.48. The van der Waals surface area contributed by atoms with Crippen molar-refractivity contribution < 1.29 is 4.79 Å². The fraction of sp³-hybridized carbons (Fsp3) is 0.455. The zero-order valence-electron chi connectivity index (χ0n) is 8.36. The average molecular weight is 190 g/mol. The Labute approximate surface area is 83.5 Å². The van der Waals surface area contributed by atoms with Crippen LogP contribution in [0.3, 0.4) is 0 Å². The molecule has 1 aliphatic rings. The van der Waals surface area contributed by atoms with Gasteiger partial charge in [0.15, 0.2) is 0 Å². The zero-order chi connectivity index (χ0) is 9.97. The zero-order valence-corrected chi connectivity index (χ0v) is 8.36. The van der Waals surface area contributed by atoms with Crippen LogP contribution < -0.4 is 0 Å². The van der Waals surface area contributed by atoms with Crippen LogP contribution in [0.25, 0.3) is 0 Å². The topological polar surface area (TPSA) is 34.9 Å². The third kappa shape index (κ3) is 1.92. The molecule has 1 heterocycles. The van der Waals surface area contributed by atoms with Gasteiger partial charge in [-0.1, -0.05) is 11.6 Å². The predicted octanol–water partition coefficient (Wildman–Crippen LogP) is 1.64. The number of hydrogen-bond donors (Lipinski definition) is 0. The summed E-state index contributed by atoms with van der Waals surface area (Å²) in [4.78, 5) is 15.3. The van der Waals surface area contributed by atoms with Crippen LogP contribution in [-0.2, 0) is 18.3 Å². The lowest BCUT2D eigenvalue weighted by Gasteiger charge is -2.11. The number of Topliss-reactive ketones (excluding diaryl/α,β-unsaturated/α-hetero) is 1. The van der Waals surface area contributed by atoms with Gasteiger partial charge in [0.1, 0.15) is 11.6 Å². The van der Waals surface area contributed by atoms with Gasteiger partial charge in [-0.15, -0.1) is 0 Å². The molecule has 0 aliphatic heterocycles. The first kappa shape index (κ1) is 9.19. The van der Waals surface area contributed by atoms with E-state index in [0.717, 1.165) is 18.7 Å². The first-order valence-corrected chi connectivity index (χ1v) is 4.91. The third-order valence-electron chi connectivity index (χ3n) is 2.65. The largest absolute Gasteiger partial charge is 0.338 e. The Hall–Kier alpha value is -1.38. The van der Waals surface area contributed by atoms with Gasteiger partial charge in [0, 0.05) is 38.7 Å². The number of aryl methyl sites for hydroxylation is 1. The maximum Gasteiger partial charge on any atom is 0.136 e. The second kappa shape index (κ2) is 3.78. The van der Waals surface area contributed by atoms with Gasteiger partial charge in [0.2, 0.25) is 0 Å². The molecule has 0 radical (unpaired) electrons. The Morgan fingerprint density at radius 1 is 1.50 bits per heavy atom. The van der Waals surface area contributed by atoms with E-state index in [-0.39, 0.29) is 0 Å². The van der Waals surface area contributed by atoms with Crippen molar-refractivity contribution in [3.63, 3.8) is 0 Å². The summed E-state index contributed by atoms with van der Waals surface area (Å²) in [7, 11) is 2.00. The molecule has 74 valence electrons. The van der Waals surface area contributed by atoms with Gasteiger partial charge in [0.05, 0.1) is 0 Å². The SMILES string of the molecule is Cn1ccnc1CC1=CCC(=O)CC1. The Morgan fingerprint density at radius 2 is 2.36 bits per heavy atom. The molecule has 2 rings (SSSR count). The number of carbonyl (C=O) groups is 1. The second-order valence-corrected chi connectivity index (χ2v) is 3.74. The van der Waals surface area contributed by atoms with Crippen molar-refractivity contribution in [2.24, 2.45) is 7.05 Å². The van der Waals surface area contributed by atoms with Gasteiger partial charge in [-0.2, -0.15) is 0 Å². The summed E-state index contributed by atoms with van der Waals surface area (Å²) < 4.78 is 2.03. The number of carbonyl (C=O) groups excluding carboxylic acids is 1. The first-order valence-electron chi connectivity index (χ1n) is 4.91. The smallest absolute Gasteiger partial charge is 0.136 e. The standard InChI is InChI=1S/C11H14N2O/c1-13-7-6-12-11(13)8-9-2-4-10(14)5-3-9/h2,6-7H,3-5,8H2,1H3. The maximum absolute atomic E-state index is 11.0. The number of hydrogen-bond acceptors (Lipinski definition) is 2. The number of ketones is 1. The van der Waals surface area contributed by atoms with E-state index in [1.807, 2.05) is 24.0 Å². The molecule has 14 heavy (non-hydrogen) atoms. The quantitative estimate of drug-likeness (QED) is 0.664. The highest BCUT2D eigenvalue weighted by Gasteiger charge is 2.11. The van der Waals surface area contributed by atoms with E-state index < -0.39 is 0 Å². The van der Waals surface area contributed by atoms with Crippen molar-refractivity contribution >= 4 is 5.78 Å². The van der Waals surface area contributed by atoms with E-state index >= 15 is 0 Å². The van der Waals surface area contributed by atoms with E-state index in [0.29, 0.717) is 18.6 Å². The minimum atomic E-state index is 0.355. The van der Waals surface area contributed by atoms with Crippen LogP contribution in [0.5, 0.6) is 0 Å². The molecule has 3 heteroatoms. The van der Waals surface area contributed by atoms with E-state index in [4.69, 9.17) is 0 Å². The van der Waals surface area contributed by atoms with Crippen molar-refractivity contribution in [2.45, 2.75) is 25.7 Å². The lowest BCUT2D eigenvalue weighted by molar-refractivity contribution is -0.118. The van der Waals surface area contributed by atoms with Crippen molar-refractivity contribution in [3.05, 3.63) is 29.9 Å². The van der Waals surface area contributed by atoms with E-state index in [9.17, 15) is 4.79 Å². The van der Waals surface area contributed by atoms with Gasteiger partial charge < -0.3 is 4.57 Å². The highest BCUT2D eigenvalue weighted by atomic mass is 16.1. The normalized spacial score (nSPS) is 16.9. The lowest BCUT2D eigenvalue weighted by atomic mass is 9.96. The molecule has 0 spiro atoms. The number of aromatic nitrogens is 2. The fourth-order valence-corrected chi connectivity index (χ4v) is 1.69. The van der Waals surface area contributed by atoms with Crippen molar-refractivity contribution in [1.29, 1.82) is 0 Å². The molecule has 0 saturated heterocycles. The molecule has 0 bridgehead atoms. The first-order chi connectivity index (χ1) is 6.75. The molecule has 0 unspecified atom stereocenters. The molecule has 0 amide bonds. The van der Waals surface area contributed by atoms with Crippen LogP contribution in [-0.4, -0.2) is 15.3 Å². The Morgan fingerprint density at radius 3 is 2.93 bits per heavy atom. The maximum atomic E-state index is 11.0. The molecule has 0 N–H and O–H groups in total. The van der Waals surface area contributed by atoms with Crippen molar-refractivity contribution in [2.75, 3.05) is 0 Å². The summed E-state index contributed by atoms with van der Waals surface area (Å²) in [5, 5.41) is 0. The van der Waals surface area contributed by atoms with E-state index in [1.54, 1.807) is 0 Å². The number of rotatable bonds is 2. The summed E-state index contributed by atoms with van der Waals surface area (Å²) in [5.41, 5.74) is 1.35. The highest BCUT2D eigenvalue weighted by molar-refractivity contribution is 5.81. The molecule has 1 aromatic heterocycles. The summed E-state index contributed by atoms with van der Waals surface area (Å²) >= 11 is 0. The van der Waals surface area contributed by atoms with Crippen LogP contribution >= 0.6 is 0 Å². The van der Waals surface area contributed by atoms with E-state index in [1.165, 1.54) is 5.57 Å². The molecule has 1 aliphatic carbocycles. The van der Waals surface area contributed by atoms with Gasteiger partial charge in [0.25, 0.3) is 0 Å². The average Bonchev–Trinajstić information content (AvgIpc) is 2.56. The number of allylic oxidation sites excluding steroid dienone is 2. The fourth-order valence-electron chi connectivity index (χ4n) is 1.69. The molecule has 1 aromatic rings. The van der Waals surface area contributed by atoms with Crippen LogP contribution in [0.1, 0.15) is 25.1 Å². The predicted molar refractivity (Wildman–Crippen MR) is 53.9 cm³/mol. The van der Waals surface area contributed by atoms with Gasteiger partial charge in [-0.05, 0) is 6.42 Å². The summed E-state index contributed by atoms with van der Waals surface area (Å²) in [6, 6.07) is 0. The summed E-state index contributed by atoms with van der Waals surface area (Å²) in [6.45, 7) is 0. The third-order valence-corrected chi connectivity index (χ3v) is 2.65. The molecular weight excluding hydrogens is 176 g/mol. The lowest BCUT2D eigenvalue weighted by Crippen LogP contribution is -2.07. The van der Waals surface area contributed by atoms with Crippen LogP contribution in [0, 0.1) is 0 Å². The van der Waals surface area contributed by atoms with Crippen molar-refractivity contribution in [3.8, 4) is 0 Å². The molecule has 0 aromatic carbocycles. The van der Waals surface area contributed by atoms with Crippen LogP contribution in [0.2, 0.25) is 0 Å². The molecule has 3 nitrogen and oxygen atoms in total. The molecule has 0 atom stereocenters. The van der Waals surface area contributed by atoms with E-state index in [2.05, 4.69) is 11.1 Å². The highest BCUT2D eigenvalue weighted by Crippen LogP contribution is 2.18. The van der Waals surface area contributed by atoms with Crippen molar-refractivity contribution in [1.82, 2.24) is 9.55 Å². The second-order valence-electron chi connectivity index (χ2n) is 3.74. The van der Waals surface area contributed by atoms with Gasteiger partial charge >= 0.3 is 0 Å². The molecule has 0 saturated carbocycles. The van der Waals surface area contributed by atoms with Crippen LogP contribution in [0.4, 0.5) is 0 Å². The number of imidazole rings is 1. The summed E-state index contributed by atoms with van der Waals surface area (Å²) in [5.74, 6) is 1.43. The minimum Gasteiger partial charge on any atom is -0.338 e. The summed E-state index contributed by atoms with van der Waals surface area (Å²) in [6.07, 6.45) is 8.92. The van der Waals surface area contributed by atoms with Crippen LogP contribution in [0.15, 0.2) is 24.0 Å². The number of nitrogens with zero attached hydrogens (tertiary/aromatic N) is 2. The Balaban J connectivity index is 2.05. The van der Waals surface area contributed by atoms with Gasteiger partial charge in [-0.3, -0.25) is 4.79 Å². The molecule has 0 fully saturated rings. The minimum absolute atomic E-state index is 0.355. The Bertz CT molecular complexity index is 376. The van der Waals surface area contributed by atoms with Gasteiger partial charge in [-0.25, -0.2) is 4.98 Å². The molecular formula is C11H14N2O. The monoisotopic (exact) mass is 190 g/mol.